The van der Waals surface area contributed by atoms with Gasteiger partial charge in [0.2, 0.25) is 5.91 Å². The summed E-state index contributed by atoms with van der Waals surface area (Å²) in [6.45, 7) is 0.635. The Labute approximate surface area is 115 Å². The zero-order valence-electron chi connectivity index (χ0n) is 10.4. The molecule has 1 amide bonds. The number of fused-ring (bicyclic) bond motifs is 1. The summed E-state index contributed by atoms with van der Waals surface area (Å²) in [4.78, 5) is 24.9. The van der Waals surface area contributed by atoms with Crippen LogP contribution in [-0.4, -0.2) is 63.0 Å². The fourth-order valence-electron chi connectivity index (χ4n) is 3.22. The molecule has 5 atom stereocenters. The molecule has 2 N–H and O–H groups in total. The predicted octanol–water partition coefficient (Wildman–Crippen LogP) is -0.0991. The Morgan fingerprint density at radius 1 is 1.53 bits per heavy atom. The lowest BCUT2D eigenvalue weighted by Crippen LogP contribution is -2.62. The highest BCUT2D eigenvalue weighted by Gasteiger charge is 2.61. The van der Waals surface area contributed by atoms with E-state index in [4.69, 9.17) is 9.84 Å². The summed E-state index contributed by atoms with van der Waals surface area (Å²) in [5.74, 6) is -1.33. The van der Waals surface area contributed by atoms with Crippen LogP contribution in [0.5, 0.6) is 0 Å². The van der Waals surface area contributed by atoms with E-state index in [1.807, 2.05) is 0 Å². The summed E-state index contributed by atoms with van der Waals surface area (Å²) < 4.78 is 5.60. The second-order valence-electron chi connectivity index (χ2n) is 5.19. The largest absolute Gasteiger partial charge is 0.480 e. The number of carbonyl (C=O) groups is 2. The van der Waals surface area contributed by atoms with Crippen molar-refractivity contribution >= 4 is 23.6 Å². The number of aliphatic hydroxyl groups excluding tert-OH is 1. The van der Waals surface area contributed by atoms with Gasteiger partial charge in [0.1, 0.15) is 6.04 Å². The van der Waals surface area contributed by atoms with Crippen molar-refractivity contribution < 1.29 is 24.5 Å². The molecule has 0 bridgehead atoms. The van der Waals surface area contributed by atoms with Crippen LogP contribution < -0.4 is 0 Å². The number of carbonyl (C=O) groups excluding carboxylic acids is 1. The quantitative estimate of drug-likeness (QED) is 0.702. The van der Waals surface area contributed by atoms with E-state index in [-0.39, 0.29) is 35.2 Å². The van der Waals surface area contributed by atoms with E-state index in [1.165, 1.54) is 16.7 Å². The van der Waals surface area contributed by atoms with E-state index in [2.05, 4.69) is 0 Å². The molecule has 0 aromatic rings. The first-order valence-corrected chi connectivity index (χ1v) is 7.52. The Bertz CT molecular complexity index is 398. The molecular formula is C12H17NO5S. The molecule has 0 aromatic carbocycles. The van der Waals surface area contributed by atoms with Crippen molar-refractivity contribution in [1.29, 1.82) is 0 Å². The van der Waals surface area contributed by atoms with Gasteiger partial charge in [-0.05, 0) is 19.3 Å². The maximum absolute atomic E-state index is 12.0. The molecule has 3 aliphatic heterocycles. The van der Waals surface area contributed by atoms with E-state index in [0.29, 0.717) is 13.0 Å². The van der Waals surface area contributed by atoms with Gasteiger partial charge in [0, 0.05) is 13.2 Å². The molecule has 106 valence electrons. The smallest absolute Gasteiger partial charge is 0.327 e. The number of ether oxygens (including phenoxy) is 1. The predicted molar refractivity (Wildman–Crippen MR) is 67.6 cm³/mol. The number of β-lactam (4-membered cyclic amide) rings is 1. The van der Waals surface area contributed by atoms with Crippen LogP contribution in [0.4, 0.5) is 0 Å². The number of nitrogens with zero attached hydrogens (tertiary/aromatic N) is 1. The standard InChI is InChI=1S/C12H17NO5S/c14-4-3-6-10(15)13-8(12(16)17)9(19-11(6)13)7-2-1-5-18-7/h6-9,11,14H,1-5H2,(H,16,17)/t6-,7+,8?,9?,11?/m0/s1. The third-order valence-electron chi connectivity index (χ3n) is 4.12. The Kier molecular flexibility index (Phi) is 3.44. The van der Waals surface area contributed by atoms with Gasteiger partial charge in [0.25, 0.3) is 0 Å². The van der Waals surface area contributed by atoms with Crippen LogP contribution in [0.1, 0.15) is 19.3 Å². The number of rotatable bonds is 4. The fourth-order valence-corrected chi connectivity index (χ4v) is 5.13. The zero-order valence-corrected chi connectivity index (χ0v) is 11.2. The van der Waals surface area contributed by atoms with Crippen molar-refractivity contribution in [1.82, 2.24) is 4.90 Å². The molecule has 0 aromatic heterocycles. The Morgan fingerprint density at radius 2 is 2.32 bits per heavy atom. The van der Waals surface area contributed by atoms with E-state index in [0.717, 1.165) is 12.8 Å². The molecule has 3 fully saturated rings. The van der Waals surface area contributed by atoms with Gasteiger partial charge in [-0.3, -0.25) is 4.79 Å². The summed E-state index contributed by atoms with van der Waals surface area (Å²) in [5.41, 5.74) is 0. The summed E-state index contributed by atoms with van der Waals surface area (Å²) in [6.07, 6.45) is 2.16. The third kappa shape index (κ3) is 1.95. The second-order valence-corrected chi connectivity index (χ2v) is 6.49. The van der Waals surface area contributed by atoms with E-state index in [1.54, 1.807) is 0 Å². The van der Waals surface area contributed by atoms with Crippen molar-refractivity contribution in [3.05, 3.63) is 0 Å². The molecular weight excluding hydrogens is 270 g/mol. The van der Waals surface area contributed by atoms with Crippen molar-refractivity contribution in [2.45, 2.75) is 42.0 Å². The number of hydrogen-bond donors (Lipinski definition) is 2. The third-order valence-corrected chi connectivity index (χ3v) is 5.83. The van der Waals surface area contributed by atoms with Gasteiger partial charge in [-0.15, -0.1) is 11.8 Å². The van der Waals surface area contributed by atoms with Crippen LogP contribution >= 0.6 is 11.8 Å². The number of thioether (sulfide) groups is 1. The van der Waals surface area contributed by atoms with Crippen LogP contribution in [0.3, 0.4) is 0 Å². The van der Waals surface area contributed by atoms with E-state index in [9.17, 15) is 14.7 Å². The highest BCUT2D eigenvalue weighted by atomic mass is 32.2. The number of amides is 1. The molecule has 0 spiro atoms. The molecule has 3 rings (SSSR count). The number of aliphatic carboxylic acids is 1. The minimum absolute atomic E-state index is 0.0381. The van der Waals surface area contributed by atoms with Crippen LogP contribution in [0.25, 0.3) is 0 Å². The maximum atomic E-state index is 12.0. The molecule has 19 heavy (non-hydrogen) atoms. The minimum Gasteiger partial charge on any atom is -0.480 e. The second kappa shape index (κ2) is 4.96. The first kappa shape index (κ1) is 13.2. The highest BCUT2D eigenvalue weighted by Crippen LogP contribution is 2.50. The van der Waals surface area contributed by atoms with Crippen molar-refractivity contribution in [2.75, 3.05) is 13.2 Å². The van der Waals surface area contributed by atoms with Gasteiger partial charge in [-0.1, -0.05) is 0 Å². The van der Waals surface area contributed by atoms with Crippen molar-refractivity contribution in [2.24, 2.45) is 5.92 Å². The maximum Gasteiger partial charge on any atom is 0.327 e. The first-order valence-electron chi connectivity index (χ1n) is 6.58. The SMILES string of the molecule is O=C(O)C1C([C@H]2CCCO2)SC2[C@@H](CCO)C(=O)N12. The lowest BCUT2D eigenvalue weighted by molar-refractivity contribution is -0.163. The lowest BCUT2D eigenvalue weighted by atomic mass is 9.91. The molecule has 0 saturated carbocycles. The molecule has 3 unspecified atom stereocenters. The van der Waals surface area contributed by atoms with Gasteiger partial charge in [0.15, 0.2) is 0 Å². The van der Waals surface area contributed by atoms with Crippen LogP contribution in [-0.2, 0) is 14.3 Å². The minimum atomic E-state index is -0.953. The van der Waals surface area contributed by atoms with Crippen molar-refractivity contribution in [3.63, 3.8) is 0 Å². The van der Waals surface area contributed by atoms with E-state index < -0.39 is 12.0 Å². The summed E-state index contributed by atoms with van der Waals surface area (Å²) in [6, 6.07) is -0.777. The normalized spacial score (nSPS) is 41.2. The zero-order chi connectivity index (χ0) is 13.6. The molecule has 0 radical (unpaired) electrons. The topological polar surface area (TPSA) is 87.1 Å². The van der Waals surface area contributed by atoms with Crippen LogP contribution in [0.15, 0.2) is 0 Å². The number of hydrogen-bond acceptors (Lipinski definition) is 5. The molecule has 3 heterocycles. The molecule has 3 aliphatic rings. The molecule has 6 nitrogen and oxygen atoms in total. The number of aliphatic hydroxyl groups is 1. The highest BCUT2D eigenvalue weighted by molar-refractivity contribution is 8.01. The molecule has 3 saturated heterocycles. The summed E-state index contributed by atoms with van der Waals surface area (Å²) in [5, 5.41) is 18.1. The van der Waals surface area contributed by atoms with Gasteiger partial charge >= 0.3 is 5.97 Å². The Hall–Kier alpha value is -0.790. The summed E-state index contributed by atoms with van der Waals surface area (Å²) in [7, 11) is 0. The number of carboxylic acids is 1. The van der Waals surface area contributed by atoms with Gasteiger partial charge in [-0.2, -0.15) is 0 Å². The monoisotopic (exact) mass is 287 g/mol. The van der Waals surface area contributed by atoms with Crippen molar-refractivity contribution in [3.8, 4) is 0 Å². The first-order chi connectivity index (χ1) is 9.15. The average molecular weight is 287 g/mol. The molecule has 0 aliphatic carbocycles. The Morgan fingerprint density at radius 3 is 2.89 bits per heavy atom. The molecule has 7 heteroatoms. The summed E-state index contributed by atoms with van der Waals surface area (Å²) >= 11 is 1.53. The Balaban J connectivity index is 1.79. The van der Waals surface area contributed by atoms with Gasteiger partial charge in [-0.25, -0.2) is 4.79 Å². The van der Waals surface area contributed by atoms with Gasteiger partial charge < -0.3 is 19.8 Å². The van der Waals surface area contributed by atoms with Gasteiger partial charge in [0.05, 0.1) is 22.6 Å². The van der Waals surface area contributed by atoms with Crippen LogP contribution in [0, 0.1) is 5.92 Å². The van der Waals surface area contributed by atoms with Crippen LogP contribution in [0.2, 0.25) is 0 Å². The van der Waals surface area contributed by atoms with E-state index >= 15 is 0 Å². The average Bonchev–Trinajstić information content (AvgIpc) is 3.00. The number of carboxylic acid groups (broad SMARTS) is 1. The fraction of sp³-hybridized carbons (Fsp3) is 0.833. The lowest BCUT2D eigenvalue weighted by Gasteiger charge is -2.43.